The average molecular weight is 286 g/mol. The molecule has 3 nitrogen and oxygen atoms in total. The van der Waals surface area contributed by atoms with Gasteiger partial charge in [-0.25, -0.2) is 0 Å². The molecule has 1 aromatic rings. The van der Waals surface area contributed by atoms with Gasteiger partial charge in [-0.2, -0.15) is 0 Å². The summed E-state index contributed by atoms with van der Waals surface area (Å²) in [6.07, 6.45) is 6.44. The molecular weight excluding hydrogens is 260 g/mol. The van der Waals surface area contributed by atoms with Gasteiger partial charge in [0.15, 0.2) is 0 Å². The van der Waals surface area contributed by atoms with Gasteiger partial charge >= 0.3 is 0 Å². The maximum atomic E-state index is 12.9. The van der Waals surface area contributed by atoms with Crippen molar-refractivity contribution in [2.75, 3.05) is 6.54 Å². The quantitative estimate of drug-likeness (QED) is 0.920. The van der Waals surface area contributed by atoms with Crippen molar-refractivity contribution >= 4 is 5.91 Å². The Morgan fingerprint density at radius 2 is 1.86 bits per heavy atom. The SMILES string of the molecule is CCCN1C(=O)C2(CCCC2)NC1c1ccc(CC)cc1. The lowest BCUT2D eigenvalue weighted by Gasteiger charge is -2.24. The number of rotatable bonds is 4. The molecule has 0 radical (unpaired) electrons. The van der Waals surface area contributed by atoms with Gasteiger partial charge < -0.3 is 4.90 Å². The van der Waals surface area contributed by atoms with E-state index in [-0.39, 0.29) is 11.7 Å². The zero-order valence-corrected chi connectivity index (χ0v) is 13.2. The Kier molecular flexibility index (Phi) is 4.03. The molecule has 0 bridgehead atoms. The molecule has 1 unspecified atom stereocenters. The molecule has 2 fully saturated rings. The highest BCUT2D eigenvalue weighted by molar-refractivity contribution is 5.89. The summed E-state index contributed by atoms with van der Waals surface area (Å²) in [6.45, 7) is 5.15. The maximum Gasteiger partial charge on any atom is 0.244 e. The number of nitrogens with one attached hydrogen (secondary N) is 1. The summed E-state index contributed by atoms with van der Waals surface area (Å²) in [5.41, 5.74) is 2.29. The van der Waals surface area contributed by atoms with Gasteiger partial charge in [-0.05, 0) is 36.8 Å². The molecule has 114 valence electrons. The number of hydrogen-bond donors (Lipinski definition) is 1. The second-order valence-corrected chi connectivity index (χ2v) is 6.43. The number of carbonyl (C=O) groups is 1. The van der Waals surface area contributed by atoms with Crippen LogP contribution in [0.4, 0.5) is 0 Å². The van der Waals surface area contributed by atoms with Gasteiger partial charge in [0.25, 0.3) is 0 Å². The Balaban J connectivity index is 1.89. The van der Waals surface area contributed by atoms with Crippen molar-refractivity contribution in [2.24, 2.45) is 0 Å². The summed E-state index contributed by atoms with van der Waals surface area (Å²) in [5.74, 6) is 0.325. The molecule has 0 aromatic heterocycles. The summed E-state index contributed by atoms with van der Waals surface area (Å²) in [6, 6.07) is 8.73. The van der Waals surface area contributed by atoms with E-state index >= 15 is 0 Å². The Bertz CT molecular complexity index is 502. The molecule has 3 rings (SSSR count). The van der Waals surface area contributed by atoms with Crippen LogP contribution >= 0.6 is 0 Å². The van der Waals surface area contributed by atoms with E-state index in [1.807, 2.05) is 0 Å². The van der Waals surface area contributed by atoms with Crippen molar-refractivity contribution < 1.29 is 4.79 Å². The van der Waals surface area contributed by atoms with Gasteiger partial charge in [-0.15, -0.1) is 0 Å². The summed E-state index contributed by atoms with van der Waals surface area (Å²) < 4.78 is 0. The summed E-state index contributed by atoms with van der Waals surface area (Å²) in [4.78, 5) is 15.0. The Morgan fingerprint density at radius 1 is 1.19 bits per heavy atom. The average Bonchev–Trinajstić information content (AvgIpc) is 3.09. The van der Waals surface area contributed by atoms with E-state index in [1.54, 1.807) is 0 Å². The molecule has 1 amide bonds. The largest absolute Gasteiger partial charge is 0.321 e. The topological polar surface area (TPSA) is 32.3 Å². The van der Waals surface area contributed by atoms with E-state index in [0.717, 1.165) is 32.2 Å². The molecule has 1 heterocycles. The minimum Gasteiger partial charge on any atom is -0.321 e. The predicted octanol–water partition coefficient (Wildman–Crippen LogP) is 3.40. The molecule has 1 atom stereocenters. The van der Waals surface area contributed by atoms with Crippen molar-refractivity contribution in [3.63, 3.8) is 0 Å². The Labute approximate surface area is 127 Å². The molecule has 1 aliphatic heterocycles. The van der Waals surface area contributed by atoms with Gasteiger partial charge in [0.05, 0.1) is 5.54 Å². The second kappa shape index (κ2) is 5.80. The lowest BCUT2D eigenvalue weighted by atomic mass is 9.98. The highest BCUT2D eigenvalue weighted by Gasteiger charge is 2.52. The highest BCUT2D eigenvalue weighted by Crippen LogP contribution is 2.40. The minimum atomic E-state index is -0.275. The first-order chi connectivity index (χ1) is 10.2. The normalized spacial score (nSPS) is 24.2. The fourth-order valence-corrected chi connectivity index (χ4v) is 3.80. The van der Waals surface area contributed by atoms with Crippen LogP contribution in [0.5, 0.6) is 0 Å². The highest BCUT2D eigenvalue weighted by atomic mass is 16.2. The van der Waals surface area contributed by atoms with Gasteiger partial charge in [0, 0.05) is 6.54 Å². The van der Waals surface area contributed by atoms with Crippen LogP contribution in [0.25, 0.3) is 0 Å². The molecule has 2 aliphatic rings. The summed E-state index contributed by atoms with van der Waals surface area (Å²) in [5, 5.41) is 3.68. The number of nitrogens with zero attached hydrogens (tertiary/aromatic N) is 1. The van der Waals surface area contributed by atoms with Gasteiger partial charge in [0.1, 0.15) is 6.17 Å². The first kappa shape index (κ1) is 14.6. The fraction of sp³-hybridized carbons (Fsp3) is 0.611. The van der Waals surface area contributed by atoms with E-state index in [4.69, 9.17) is 0 Å². The van der Waals surface area contributed by atoms with Crippen molar-refractivity contribution in [3.05, 3.63) is 35.4 Å². The number of amides is 1. The number of benzene rings is 1. The molecule has 21 heavy (non-hydrogen) atoms. The number of hydrogen-bond acceptors (Lipinski definition) is 2. The molecule has 1 saturated heterocycles. The zero-order valence-electron chi connectivity index (χ0n) is 13.2. The van der Waals surface area contributed by atoms with Crippen LogP contribution in [0.1, 0.15) is 63.2 Å². The zero-order chi connectivity index (χ0) is 14.9. The van der Waals surface area contributed by atoms with Crippen molar-refractivity contribution in [1.82, 2.24) is 10.2 Å². The van der Waals surface area contributed by atoms with E-state index in [9.17, 15) is 4.79 Å². The van der Waals surface area contributed by atoms with E-state index in [0.29, 0.717) is 5.91 Å². The number of carbonyl (C=O) groups excluding carboxylic acids is 1. The summed E-state index contributed by atoms with van der Waals surface area (Å²) in [7, 11) is 0. The smallest absolute Gasteiger partial charge is 0.244 e. The third kappa shape index (κ3) is 2.48. The molecular formula is C18H26N2O. The number of aryl methyl sites for hydroxylation is 1. The third-order valence-electron chi connectivity index (χ3n) is 5.02. The van der Waals surface area contributed by atoms with Crippen LogP contribution in [0.2, 0.25) is 0 Å². The maximum absolute atomic E-state index is 12.9. The lowest BCUT2D eigenvalue weighted by Crippen LogP contribution is -2.44. The first-order valence-electron chi connectivity index (χ1n) is 8.38. The predicted molar refractivity (Wildman–Crippen MR) is 84.9 cm³/mol. The monoisotopic (exact) mass is 286 g/mol. The second-order valence-electron chi connectivity index (χ2n) is 6.43. The van der Waals surface area contributed by atoms with Crippen molar-refractivity contribution in [3.8, 4) is 0 Å². The van der Waals surface area contributed by atoms with Gasteiger partial charge in [-0.3, -0.25) is 10.1 Å². The van der Waals surface area contributed by atoms with Crippen molar-refractivity contribution in [2.45, 2.75) is 64.1 Å². The van der Waals surface area contributed by atoms with Crippen LogP contribution in [-0.4, -0.2) is 22.9 Å². The van der Waals surface area contributed by atoms with Crippen LogP contribution in [0.15, 0.2) is 24.3 Å². The molecule has 1 aromatic carbocycles. The van der Waals surface area contributed by atoms with Crippen LogP contribution in [0, 0.1) is 0 Å². The van der Waals surface area contributed by atoms with Crippen molar-refractivity contribution in [1.29, 1.82) is 0 Å². The van der Waals surface area contributed by atoms with Crippen LogP contribution in [0.3, 0.4) is 0 Å². The van der Waals surface area contributed by atoms with Crippen LogP contribution < -0.4 is 5.32 Å². The standard InChI is InChI=1S/C18H26N2O/c1-3-13-20-16(15-9-7-14(4-2)8-10-15)19-18(17(20)21)11-5-6-12-18/h7-10,16,19H,3-6,11-13H2,1-2H3. The summed E-state index contributed by atoms with van der Waals surface area (Å²) >= 11 is 0. The van der Waals surface area contributed by atoms with E-state index in [2.05, 4.69) is 48.3 Å². The van der Waals surface area contributed by atoms with Gasteiger partial charge in [0.2, 0.25) is 5.91 Å². The Morgan fingerprint density at radius 3 is 2.43 bits per heavy atom. The van der Waals surface area contributed by atoms with Crippen LogP contribution in [-0.2, 0) is 11.2 Å². The molecule has 1 spiro atoms. The third-order valence-corrected chi connectivity index (χ3v) is 5.02. The molecule has 1 aliphatic carbocycles. The van der Waals surface area contributed by atoms with E-state index < -0.39 is 0 Å². The first-order valence-corrected chi connectivity index (χ1v) is 8.38. The fourth-order valence-electron chi connectivity index (χ4n) is 3.80. The minimum absolute atomic E-state index is 0.0569. The van der Waals surface area contributed by atoms with E-state index in [1.165, 1.54) is 24.0 Å². The molecule has 1 saturated carbocycles. The lowest BCUT2D eigenvalue weighted by molar-refractivity contribution is -0.133. The molecule has 3 heteroatoms. The molecule has 1 N–H and O–H groups in total. The Hall–Kier alpha value is -1.35. The van der Waals surface area contributed by atoms with Gasteiger partial charge in [-0.1, -0.05) is 51.0 Å².